The molecule has 1 amide bonds. The number of aromatic nitrogens is 2. The van der Waals surface area contributed by atoms with E-state index < -0.39 is 0 Å². The Morgan fingerprint density at radius 3 is 2.86 bits per heavy atom. The first-order valence-corrected chi connectivity index (χ1v) is 7.31. The zero-order valence-electron chi connectivity index (χ0n) is 12.5. The van der Waals surface area contributed by atoms with Gasteiger partial charge in [0.2, 0.25) is 5.76 Å². The van der Waals surface area contributed by atoms with Crippen LogP contribution in [0.25, 0.3) is 0 Å². The zero-order chi connectivity index (χ0) is 15.0. The Labute approximate surface area is 123 Å². The van der Waals surface area contributed by atoms with Gasteiger partial charge in [-0.1, -0.05) is 17.2 Å². The SMILES string of the molecule is CCc1onc(C)c1[C@H]1CCCN1C(=O)c1cc(C)no1. The molecular weight excluding hydrogens is 270 g/mol. The van der Waals surface area contributed by atoms with Crippen LogP contribution in [-0.2, 0) is 6.42 Å². The van der Waals surface area contributed by atoms with E-state index in [0.717, 1.165) is 42.8 Å². The Morgan fingerprint density at radius 1 is 1.38 bits per heavy atom. The Balaban J connectivity index is 1.92. The smallest absolute Gasteiger partial charge is 0.292 e. The molecule has 0 unspecified atom stereocenters. The third-order valence-corrected chi connectivity index (χ3v) is 3.99. The summed E-state index contributed by atoms with van der Waals surface area (Å²) in [6.45, 7) is 6.49. The second-order valence-electron chi connectivity index (χ2n) is 5.45. The van der Waals surface area contributed by atoms with E-state index in [2.05, 4.69) is 10.3 Å². The molecule has 0 aliphatic carbocycles. The van der Waals surface area contributed by atoms with Gasteiger partial charge >= 0.3 is 0 Å². The van der Waals surface area contributed by atoms with Crippen LogP contribution in [0.5, 0.6) is 0 Å². The van der Waals surface area contributed by atoms with Crippen LogP contribution in [0.1, 0.15) is 59.1 Å². The molecule has 112 valence electrons. The summed E-state index contributed by atoms with van der Waals surface area (Å²) in [5.41, 5.74) is 2.63. The molecule has 6 nitrogen and oxygen atoms in total. The van der Waals surface area contributed by atoms with E-state index in [-0.39, 0.29) is 11.9 Å². The van der Waals surface area contributed by atoms with Crippen LogP contribution >= 0.6 is 0 Å². The van der Waals surface area contributed by atoms with Crippen molar-refractivity contribution in [2.24, 2.45) is 0 Å². The number of likely N-dealkylation sites (tertiary alicyclic amines) is 1. The van der Waals surface area contributed by atoms with Gasteiger partial charge < -0.3 is 13.9 Å². The van der Waals surface area contributed by atoms with Crippen molar-refractivity contribution >= 4 is 5.91 Å². The number of nitrogens with zero attached hydrogens (tertiary/aromatic N) is 3. The molecule has 21 heavy (non-hydrogen) atoms. The lowest BCUT2D eigenvalue weighted by Gasteiger charge is -2.23. The maximum absolute atomic E-state index is 12.6. The van der Waals surface area contributed by atoms with Gasteiger partial charge in [0.1, 0.15) is 5.76 Å². The van der Waals surface area contributed by atoms with E-state index >= 15 is 0 Å². The topological polar surface area (TPSA) is 72.4 Å². The lowest BCUT2D eigenvalue weighted by atomic mass is 10.0. The van der Waals surface area contributed by atoms with Gasteiger partial charge in [0.25, 0.3) is 5.91 Å². The van der Waals surface area contributed by atoms with Crippen LogP contribution in [0.4, 0.5) is 0 Å². The van der Waals surface area contributed by atoms with E-state index in [0.29, 0.717) is 11.5 Å². The van der Waals surface area contributed by atoms with Crippen LogP contribution < -0.4 is 0 Å². The maximum Gasteiger partial charge on any atom is 0.292 e. The summed E-state index contributed by atoms with van der Waals surface area (Å²) < 4.78 is 10.5. The highest BCUT2D eigenvalue weighted by Crippen LogP contribution is 2.36. The van der Waals surface area contributed by atoms with Gasteiger partial charge in [0.05, 0.1) is 17.4 Å². The van der Waals surface area contributed by atoms with E-state index in [1.807, 2.05) is 18.7 Å². The fraction of sp³-hybridized carbons (Fsp3) is 0.533. The quantitative estimate of drug-likeness (QED) is 0.868. The van der Waals surface area contributed by atoms with Crippen molar-refractivity contribution in [3.05, 3.63) is 34.5 Å². The summed E-state index contributed by atoms with van der Waals surface area (Å²) >= 11 is 0. The van der Waals surface area contributed by atoms with Gasteiger partial charge in [-0.15, -0.1) is 0 Å². The second-order valence-corrected chi connectivity index (χ2v) is 5.45. The number of carbonyl (C=O) groups excluding carboxylic acids is 1. The summed E-state index contributed by atoms with van der Waals surface area (Å²) in [4.78, 5) is 14.5. The first kappa shape index (κ1) is 13.9. The summed E-state index contributed by atoms with van der Waals surface area (Å²) in [6.07, 6.45) is 2.67. The molecule has 0 N–H and O–H groups in total. The second kappa shape index (κ2) is 5.35. The Hall–Kier alpha value is -2.11. The summed E-state index contributed by atoms with van der Waals surface area (Å²) in [5.74, 6) is 1.05. The van der Waals surface area contributed by atoms with Gasteiger partial charge in [-0.2, -0.15) is 0 Å². The van der Waals surface area contributed by atoms with Crippen molar-refractivity contribution in [2.75, 3.05) is 6.54 Å². The molecule has 0 radical (unpaired) electrons. The van der Waals surface area contributed by atoms with E-state index in [1.54, 1.807) is 13.0 Å². The molecule has 0 aromatic carbocycles. The van der Waals surface area contributed by atoms with Crippen molar-refractivity contribution in [2.45, 2.75) is 46.1 Å². The van der Waals surface area contributed by atoms with Crippen molar-refractivity contribution in [3.8, 4) is 0 Å². The average Bonchev–Trinajstić information content (AvgIpc) is 3.17. The highest BCUT2D eigenvalue weighted by molar-refractivity contribution is 5.92. The number of carbonyl (C=O) groups is 1. The van der Waals surface area contributed by atoms with Gasteiger partial charge in [-0.25, -0.2) is 0 Å². The third kappa shape index (κ3) is 2.34. The van der Waals surface area contributed by atoms with Crippen molar-refractivity contribution in [1.82, 2.24) is 15.2 Å². The Morgan fingerprint density at radius 2 is 2.19 bits per heavy atom. The predicted octanol–water partition coefficient (Wildman–Crippen LogP) is 2.82. The van der Waals surface area contributed by atoms with Gasteiger partial charge in [-0.05, 0) is 26.7 Å². The number of aryl methyl sites for hydroxylation is 3. The van der Waals surface area contributed by atoms with E-state index in [4.69, 9.17) is 9.05 Å². The van der Waals surface area contributed by atoms with Crippen LogP contribution in [0, 0.1) is 13.8 Å². The average molecular weight is 289 g/mol. The van der Waals surface area contributed by atoms with Crippen molar-refractivity contribution in [1.29, 1.82) is 0 Å². The maximum atomic E-state index is 12.6. The molecule has 3 heterocycles. The van der Waals surface area contributed by atoms with Gasteiger partial charge in [0, 0.05) is 24.6 Å². The molecule has 0 spiro atoms. The minimum absolute atomic E-state index is 0.0177. The van der Waals surface area contributed by atoms with Gasteiger partial charge in [0.15, 0.2) is 0 Å². The van der Waals surface area contributed by atoms with E-state index in [1.165, 1.54) is 0 Å². The fourth-order valence-corrected chi connectivity index (χ4v) is 3.02. The number of hydrogen-bond acceptors (Lipinski definition) is 5. The first-order chi connectivity index (χ1) is 10.1. The minimum atomic E-state index is -0.110. The van der Waals surface area contributed by atoms with Crippen molar-refractivity contribution in [3.63, 3.8) is 0 Å². The molecule has 0 bridgehead atoms. The summed E-state index contributed by atoms with van der Waals surface area (Å²) in [6, 6.07) is 1.70. The molecule has 1 aliphatic heterocycles. The lowest BCUT2D eigenvalue weighted by molar-refractivity contribution is 0.0692. The summed E-state index contributed by atoms with van der Waals surface area (Å²) in [5, 5.41) is 7.85. The molecule has 6 heteroatoms. The highest BCUT2D eigenvalue weighted by atomic mass is 16.5. The van der Waals surface area contributed by atoms with Crippen molar-refractivity contribution < 1.29 is 13.8 Å². The zero-order valence-corrected chi connectivity index (χ0v) is 12.5. The molecule has 1 fully saturated rings. The van der Waals surface area contributed by atoms with Crippen LogP contribution in [0.3, 0.4) is 0 Å². The predicted molar refractivity (Wildman–Crippen MR) is 74.9 cm³/mol. The molecule has 1 atom stereocenters. The Bertz CT molecular complexity index is 659. The van der Waals surface area contributed by atoms with E-state index in [9.17, 15) is 4.79 Å². The molecule has 3 rings (SSSR count). The molecule has 2 aromatic rings. The third-order valence-electron chi connectivity index (χ3n) is 3.99. The van der Waals surface area contributed by atoms with Crippen LogP contribution in [0.2, 0.25) is 0 Å². The lowest BCUT2D eigenvalue weighted by Crippen LogP contribution is -2.30. The fourth-order valence-electron chi connectivity index (χ4n) is 3.02. The first-order valence-electron chi connectivity index (χ1n) is 7.31. The normalized spacial score (nSPS) is 18.4. The number of amides is 1. The molecular formula is C15H19N3O3. The summed E-state index contributed by atoms with van der Waals surface area (Å²) in [7, 11) is 0. The number of hydrogen-bond donors (Lipinski definition) is 0. The molecule has 0 saturated carbocycles. The van der Waals surface area contributed by atoms with Crippen LogP contribution in [-0.4, -0.2) is 27.7 Å². The van der Waals surface area contributed by atoms with Crippen LogP contribution in [0.15, 0.2) is 15.1 Å². The highest BCUT2D eigenvalue weighted by Gasteiger charge is 2.35. The molecule has 2 aromatic heterocycles. The minimum Gasteiger partial charge on any atom is -0.361 e. The standard InChI is InChI=1S/C15H19N3O3/c1-4-12-14(10(3)17-20-12)11-6-5-7-18(11)15(19)13-8-9(2)16-21-13/h8,11H,4-7H2,1-3H3/t11-/m1/s1. The molecule has 1 aliphatic rings. The van der Waals surface area contributed by atoms with Gasteiger partial charge in [-0.3, -0.25) is 4.79 Å². The number of rotatable bonds is 3. The largest absolute Gasteiger partial charge is 0.361 e. The Kier molecular flexibility index (Phi) is 3.53. The monoisotopic (exact) mass is 289 g/mol. The molecule has 1 saturated heterocycles.